The summed E-state index contributed by atoms with van der Waals surface area (Å²) in [6.07, 6.45) is 0.197. The third-order valence-corrected chi connectivity index (χ3v) is 3.06. The second-order valence-electron chi connectivity index (χ2n) is 3.48. The molecule has 1 rings (SSSR count). The number of hydrogen-bond donors (Lipinski definition) is 1. The van der Waals surface area contributed by atoms with E-state index >= 15 is 0 Å². The predicted molar refractivity (Wildman–Crippen MR) is 50.1 cm³/mol. The molecule has 1 fully saturated rings. The van der Waals surface area contributed by atoms with Gasteiger partial charge in [0.1, 0.15) is 13.1 Å². The van der Waals surface area contributed by atoms with Crippen LogP contribution in [0.4, 0.5) is 0 Å². The molecule has 0 radical (unpaired) electrons. The molecule has 84 valence electrons. The smallest absolute Gasteiger partial charge is 0.265 e. The first-order valence-corrected chi connectivity index (χ1v) is 6.12. The zero-order valence-electron chi connectivity index (χ0n) is 7.89. The van der Waals surface area contributed by atoms with Gasteiger partial charge in [0.15, 0.2) is 0 Å². The summed E-state index contributed by atoms with van der Waals surface area (Å²) in [6, 6.07) is 0. The second-order valence-corrected chi connectivity index (χ2v) is 5.05. The minimum atomic E-state index is -3.93. The summed E-state index contributed by atoms with van der Waals surface area (Å²) in [5.74, 6) is -0.337. The maximum atomic E-state index is 11.8. The van der Waals surface area contributed by atoms with Crippen LogP contribution in [-0.4, -0.2) is 56.2 Å². The van der Waals surface area contributed by atoms with E-state index in [1.54, 1.807) is 0 Å². The van der Waals surface area contributed by atoms with Crippen molar-refractivity contribution in [1.82, 2.24) is 0 Å². The number of morpholine rings is 1. The van der Waals surface area contributed by atoms with E-state index in [0.29, 0.717) is 26.3 Å². The summed E-state index contributed by atoms with van der Waals surface area (Å²) >= 11 is 0. The second kappa shape index (κ2) is 4.54. The van der Waals surface area contributed by atoms with Crippen molar-refractivity contribution in [2.45, 2.75) is 6.42 Å². The Kier molecular flexibility index (Phi) is 3.85. The van der Waals surface area contributed by atoms with Gasteiger partial charge in [-0.2, -0.15) is 8.42 Å². The van der Waals surface area contributed by atoms with E-state index in [0.717, 1.165) is 0 Å². The Morgan fingerprint density at radius 1 is 1.36 bits per heavy atom. The van der Waals surface area contributed by atoms with E-state index in [4.69, 9.17) is 9.29 Å². The van der Waals surface area contributed by atoms with E-state index in [9.17, 15) is 13.6 Å². The highest BCUT2D eigenvalue weighted by Crippen LogP contribution is 2.10. The zero-order valence-corrected chi connectivity index (χ0v) is 8.70. The average molecular weight is 225 g/mol. The first kappa shape index (κ1) is 11.9. The standard InChI is InChI=1S/C7H15NO5S/c9-8(3-5-13-6-4-8)2-1-7-14(10,11)12/h1-7H2,(H,10,11,12). The molecule has 0 aliphatic carbocycles. The first-order chi connectivity index (χ1) is 6.41. The summed E-state index contributed by atoms with van der Waals surface area (Å²) in [5.41, 5.74) is 0. The molecule has 0 aromatic heterocycles. The quantitative estimate of drug-likeness (QED) is 0.400. The number of ether oxygens (including phenoxy) is 1. The highest BCUT2D eigenvalue weighted by atomic mass is 32.2. The van der Waals surface area contributed by atoms with Crippen LogP contribution < -0.4 is 0 Å². The van der Waals surface area contributed by atoms with E-state index in [1.807, 2.05) is 0 Å². The third kappa shape index (κ3) is 4.34. The SMILES string of the molecule is O=S(=O)(O)CCC[N+]1([O-])CCOCC1. The summed E-state index contributed by atoms with van der Waals surface area (Å²) < 4.78 is 33.9. The van der Waals surface area contributed by atoms with Gasteiger partial charge >= 0.3 is 0 Å². The molecule has 1 saturated heterocycles. The van der Waals surface area contributed by atoms with Crippen LogP contribution in [-0.2, 0) is 14.9 Å². The maximum Gasteiger partial charge on any atom is 0.265 e. The van der Waals surface area contributed by atoms with Gasteiger partial charge in [-0.25, -0.2) is 0 Å². The van der Waals surface area contributed by atoms with Gasteiger partial charge in [-0.3, -0.25) is 4.55 Å². The number of hydrogen-bond acceptors (Lipinski definition) is 4. The van der Waals surface area contributed by atoms with E-state index in [-0.39, 0.29) is 18.7 Å². The van der Waals surface area contributed by atoms with Crippen LogP contribution in [0.3, 0.4) is 0 Å². The van der Waals surface area contributed by atoms with Gasteiger partial charge in [-0.15, -0.1) is 0 Å². The van der Waals surface area contributed by atoms with Crippen molar-refractivity contribution in [3.05, 3.63) is 5.21 Å². The summed E-state index contributed by atoms with van der Waals surface area (Å²) in [6.45, 7) is 1.81. The largest absolute Gasteiger partial charge is 0.633 e. The van der Waals surface area contributed by atoms with Crippen LogP contribution in [0.1, 0.15) is 6.42 Å². The van der Waals surface area contributed by atoms with E-state index in [1.165, 1.54) is 0 Å². The molecular formula is C7H15NO5S. The van der Waals surface area contributed by atoms with Crippen molar-refractivity contribution >= 4 is 10.1 Å². The van der Waals surface area contributed by atoms with Crippen molar-refractivity contribution in [3.8, 4) is 0 Å². The summed E-state index contributed by atoms with van der Waals surface area (Å²) in [7, 11) is -3.93. The highest BCUT2D eigenvalue weighted by Gasteiger charge is 2.21. The fourth-order valence-electron chi connectivity index (χ4n) is 1.43. The van der Waals surface area contributed by atoms with Gasteiger partial charge in [0.2, 0.25) is 0 Å². The number of rotatable bonds is 4. The van der Waals surface area contributed by atoms with Crippen molar-refractivity contribution in [3.63, 3.8) is 0 Å². The number of hydroxylamine groups is 3. The molecular weight excluding hydrogens is 210 g/mol. The maximum absolute atomic E-state index is 11.8. The van der Waals surface area contributed by atoms with E-state index in [2.05, 4.69) is 0 Å². The molecule has 14 heavy (non-hydrogen) atoms. The van der Waals surface area contributed by atoms with Gasteiger partial charge in [0.25, 0.3) is 10.1 Å². The van der Waals surface area contributed by atoms with Gasteiger partial charge in [-0.1, -0.05) is 0 Å². The highest BCUT2D eigenvalue weighted by molar-refractivity contribution is 7.85. The summed E-state index contributed by atoms with van der Waals surface area (Å²) in [4.78, 5) is 0. The van der Waals surface area contributed by atoms with Crippen LogP contribution >= 0.6 is 0 Å². The van der Waals surface area contributed by atoms with Crippen molar-refractivity contribution in [2.24, 2.45) is 0 Å². The molecule has 0 amide bonds. The Bertz CT molecular complexity index is 270. The Balaban J connectivity index is 2.29. The van der Waals surface area contributed by atoms with Crippen LogP contribution in [0.5, 0.6) is 0 Å². The lowest BCUT2D eigenvalue weighted by Gasteiger charge is -2.45. The van der Waals surface area contributed by atoms with Gasteiger partial charge in [-0.05, 0) is 0 Å². The molecule has 6 nitrogen and oxygen atoms in total. The Hall–Kier alpha value is -0.210. The molecule has 1 heterocycles. The molecule has 0 spiro atoms. The van der Waals surface area contributed by atoms with Crippen molar-refractivity contribution < 1.29 is 22.4 Å². The zero-order chi connectivity index (χ0) is 10.7. The summed E-state index contributed by atoms with van der Waals surface area (Å²) in [5, 5.41) is 11.8. The van der Waals surface area contributed by atoms with Crippen LogP contribution in [0.15, 0.2) is 0 Å². The molecule has 0 saturated carbocycles. The Morgan fingerprint density at radius 3 is 2.43 bits per heavy atom. The van der Waals surface area contributed by atoms with Crippen LogP contribution in [0.2, 0.25) is 0 Å². The number of quaternary nitrogens is 1. The molecule has 1 aliphatic heterocycles. The average Bonchev–Trinajstić information content (AvgIpc) is 2.02. The van der Waals surface area contributed by atoms with Crippen LogP contribution in [0, 0.1) is 5.21 Å². The molecule has 0 bridgehead atoms. The minimum absolute atomic E-state index is 0.197. The van der Waals surface area contributed by atoms with Gasteiger partial charge in [0, 0.05) is 6.42 Å². The lowest BCUT2D eigenvalue weighted by molar-refractivity contribution is -0.888. The molecule has 1 N–H and O–H groups in total. The van der Waals surface area contributed by atoms with E-state index < -0.39 is 14.8 Å². The normalized spacial score (nSPS) is 22.1. The number of nitrogens with zero attached hydrogens (tertiary/aromatic N) is 1. The Labute approximate surface area is 83.4 Å². The fraction of sp³-hybridized carbons (Fsp3) is 1.00. The van der Waals surface area contributed by atoms with Gasteiger partial charge < -0.3 is 14.6 Å². The lowest BCUT2D eigenvalue weighted by Crippen LogP contribution is -2.51. The molecule has 0 aromatic carbocycles. The monoisotopic (exact) mass is 225 g/mol. The molecule has 1 aliphatic rings. The van der Waals surface area contributed by atoms with Gasteiger partial charge in [0.05, 0.1) is 25.5 Å². The lowest BCUT2D eigenvalue weighted by atomic mass is 10.3. The minimum Gasteiger partial charge on any atom is -0.633 e. The molecule has 0 aromatic rings. The topological polar surface area (TPSA) is 86.7 Å². The fourth-order valence-corrected chi connectivity index (χ4v) is 1.93. The molecule has 7 heteroatoms. The molecule has 0 unspecified atom stereocenters. The van der Waals surface area contributed by atoms with Crippen molar-refractivity contribution in [1.29, 1.82) is 0 Å². The predicted octanol–water partition coefficient (Wildman–Crippen LogP) is -0.391. The first-order valence-electron chi connectivity index (χ1n) is 4.51. The van der Waals surface area contributed by atoms with Crippen LogP contribution in [0.25, 0.3) is 0 Å². The van der Waals surface area contributed by atoms with Crippen molar-refractivity contribution in [2.75, 3.05) is 38.6 Å². The molecule has 0 atom stereocenters. The Morgan fingerprint density at radius 2 is 1.93 bits per heavy atom. The third-order valence-electron chi connectivity index (χ3n) is 2.25.